The van der Waals surface area contributed by atoms with Crippen LogP contribution in [0.25, 0.3) is 0 Å². The Morgan fingerprint density at radius 3 is 2.21 bits per heavy atom. The number of hydrogen-bond acceptors (Lipinski definition) is 3. The van der Waals surface area contributed by atoms with Crippen molar-refractivity contribution in [2.75, 3.05) is 19.6 Å². The van der Waals surface area contributed by atoms with Crippen molar-refractivity contribution in [3.05, 3.63) is 0 Å². The third kappa shape index (κ3) is 1.98. The van der Waals surface area contributed by atoms with E-state index in [2.05, 4.69) is 0 Å². The first-order chi connectivity index (χ1) is 8.70. The first-order valence-corrected chi connectivity index (χ1v) is 6.68. The van der Waals surface area contributed by atoms with Crippen LogP contribution in [0.5, 0.6) is 0 Å². The zero-order chi connectivity index (χ0) is 14.4. The van der Waals surface area contributed by atoms with Crippen molar-refractivity contribution in [3.63, 3.8) is 0 Å². The van der Waals surface area contributed by atoms with Crippen LogP contribution in [-0.4, -0.2) is 63.3 Å². The van der Waals surface area contributed by atoms with Gasteiger partial charge in [-0.1, -0.05) is 20.8 Å². The summed E-state index contributed by atoms with van der Waals surface area (Å²) in [6, 6.07) is 0. The second-order valence-electron chi connectivity index (χ2n) is 6.51. The fourth-order valence-corrected chi connectivity index (χ4v) is 3.14. The molecule has 19 heavy (non-hydrogen) atoms. The highest BCUT2D eigenvalue weighted by molar-refractivity contribution is 5.91. The molecular weight excluding hydrogens is 248 g/mol. The summed E-state index contributed by atoms with van der Waals surface area (Å²) in [4.78, 5) is 27.1. The van der Waals surface area contributed by atoms with Gasteiger partial charge in [0.15, 0.2) is 0 Å². The number of rotatable bonds is 1. The topological polar surface area (TPSA) is 81.1 Å². The van der Waals surface area contributed by atoms with Gasteiger partial charge in [0.1, 0.15) is 5.54 Å². The van der Waals surface area contributed by atoms with Gasteiger partial charge >= 0.3 is 6.09 Å². The van der Waals surface area contributed by atoms with Gasteiger partial charge in [0.25, 0.3) is 0 Å². The predicted molar refractivity (Wildman–Crippen MR) is 68.7 cm³/mol. The fraction of sp³-hybridized carbons (Fsp3) is 0.846. The maximum absolute atomic E-state index is 12.8. The number of amides is 2. The molecule has 0 aromatic heterocycles. The Morgan fingerprint density at radius 2 is 1.84 bits per heavy atom. The Morgan fingerprint density at radius 1 is 1.26 bits per heavy atom. The molecule has 2 N–H and O–H groups in total. The average molecular weight is 270 g/mol. The van der Waals surface area contributed by atoms with Crippen molar-refractivity contribution >= 4 is 12.0 Å². The molecule has 0 aromatic carbocycles. The number of carboxylic acid groups (broad SMARTS) is 1. The van der Waals surface area contributed by atoms with Gasteiger partial charge in [0.2, 0.25) is 5.91 Å². The standard InChI is InChI=1S/C13H22N2O4/c1-12(2,3)13(10(17)14-5-4-6-14)7-9(16)8-15(13)11(18)19/h9,16H,4-8H2,1-3H3,(H,18,19)/t9-,13+/m0/s1. The molecule has 2 saturated heterocycles. The van der Waals surface area contributed by atoms with Gasteiger partial charge in [0.05, 0.1) is 12.6 Å². The minimum Gasteiger partial charge on any atom is -0.465 e. The first kappa shape index (κ1) is 14.1. The van der Waals surface area contributed by atoms with E-state index >= 15 is 0 Å². The van der Waals surface area contributed by atoms with Crippen LogP contribution in [0.15, 0.2) is 0 Å². The van der Waals surface area contributed by atoms with Crippen molar-refractivity contribution in [1.29, 1.82) is 0 Å². The number of aliphatic hydroxyl groups is 1. The highest BCUT2D eigenvalue weighted by Crippen LogP contribution is 2.45. The second kappa shape index (κ2) is 4.37. The number of β-amino-alcohol motifs (C(OH)–C–C–N with tert-alkyl or cyclic N) is 1. The lowest BCUT2D eigenvalue weighted by molar-refractivity contribution is -0.152. The number of aliphatic hydroxyl groups excluding tert-OH is 1. The molecule has 0 spiro atoms. The number of nitrogens with zero attached hydrogens (tertiary/aromatic N) is 2. The van der Waals surface area contributed by atoms with Crippen LogP contribution >= 0.6 is 0 Å². The molecule has 2 heterocycles. The summed E-state index contributed by atoms with van der Waals surface area (Å²) >= 11 is 0. The zero-order valence-electron chi connectivity index (χ0n) is 11.7. The summed E-state index contributed by atoms with van der Waals surface area (Å²) in [6.07, 6.45) is -0.777. The lowest BCUT2D eigenvalue weighted by Gasteiger charge is -2.49. The highest BCUT2D eigenvalue weighted by Gasteiger charge is 2.61. The maximum atomic E-state index is 12.8. The van der Waals surface area contributed by atoms with E-state index < -0.39 is 23.2 Å². The molecule has 6 heteroatoms. The Hall–Kier alpha value is -1.30. The van der Waals surface area contributed by atoms with E-state index in [-0.39, 0.29) is 18.9 Å². The first-order valence-electron chi connectivity index (χ1n) is 6.68. The number of hydrogen-bond donors (Lipinski definition) is 2. The third-order valence-corrected chi connectivity index (χ3v) is 4.35. The Balaban J connectivity index is 2.44. The quantitative estimate of drug-likeness (QED) is 0.736. The molecule has 2 amide bonds. The van der Waals surface area contributed by atoms with Crippen molar-refractivity contribution in [2.24, 2.45) is 5.41 Å². The fourth-order valence-electron chi connectivity index (χ4n) is 3.14. The Labute approximate surface area is 113 Å². The van der Waals surface area contributed by atoms with Crippen LogP contribution in [0.1, 0.15) is 33.6 Å². The number of likely N-dealkylation sites (tertiary alicyclic amines) is 2. The van der Waals surface area contributed by atoms with Crippen LogP contribution in [0.2, 0.25) is 0 Å². The van der Waals surface area contributed by atoms with E-state index in [4.69, 9.17) is 0 Å². The molecule has 0 radical (unpaired) electrons. The minimum absolute atomic E-state index is 0.00613. The summed E-state index contributed by atoms with van der Waals surface area (Å²) in [6.45, 7) is 6.95. The molecule has 0 unspecified atom stereocenters. The number of carbonyl (C=O) groups excluding carboxylic acids is 1. The highest BCUT2D eigenvalue weighted by atomic mass is 16.4. The molecule has 0 bridgehead atoms. The lowest BCUT2D eigenvalue weighted by Crippen LogP contribution is -2.66. The Kier molecular flexibility index (Phi) is 3.24. The molecule has 6 nitrogen and oxygen atoms in total. The van der Waals surface area contributed by atoms with Crippen LogP contribution in [0.4, 0.5) is 4.79 Å². The molecule has 2 aliphatic heterocycles. The lowest BCUT2D eigenvalue weighted by atomic mass is 9.70. The van der Waals surface area contributed by atoms with E-state index in [1.54, 1.807) is 4.90 Å². The van der Waals surface area contributed by atoms with Crippen LogP contribution < -0.4 is 0 Å². The third-order valence-electron chi connectivity index (χ3n) is 4.35. The molecule has 0 saturated carbocycles. The minimum atomic E-state index is -1.15. The molecule has 2 atom stereocenters. The Bertz CT molecular complexity index is 400. The molecule has 2 aliphatic rings. The smallest absolute Gasteiger partial charge is 0.408 e. The van der Waals surface area contributed by atoms with Gasteiger partial charge in [0, 0.05) is 19.5 Å². The van der Waals surface area contributed by atoms with E-state index in [0.717, 1.165) is 11.3 Å². The second-order valence-corrected chi connectivity index (χ2v) is 6.51. The van der Waals surface area contributed by atoms with Crippen LogP contribution in [-0.2, 0) is 4.79 Å². The van der Waals surface area contributed by atoms with Gasteiger partial charge in [-0.15, -0.1) is 0 Å². The van der Waals surface area contributed by atoms with Gasteiger partial charge < -0.3 is 15.1 Å². The van der Waals surface area contributed by atoms with Gasteiger partial charge in [-0.2, -0.15) is 0 Å². The predicted octanol–water partition coefficient (Wildman–Crippen LogP) is 0.748. The van der Waals surface area contributed by atoms with Crippen LogP contribution in [0, 0.1) is 5.41 Å². The average Bonchev–Trinajstić information content (AvgIpc) is 2.53. The van der Waals surface area contributed by atoms with Gasteiger partial charge in [-0.05, 0) is 11.8 Å². The monoisotopic (exact) mass is 270 g/mol. The molecule has 0 aliphatic carbocycles. The molecule has 2 fully saturated rings. The summed E-state index contributed by atoms with van der Waals surface area (Å²) in [7, 11) is 0. The van der Waals surface area contributed by atoms with E-state index in [9.17, 15) is 19.8 Å². The summed E-state index contributed by atoms with van der Waals surface area (Å²) in [5, 5.41) is 19.3. The molecule has 108 valence electrons. The van der Waals surface area contributed by atoms with E-state index in [1.165, 1.54) is 0 Å². The summed E-state index contributed by atoms with van der Waals surface area (Å²) < 4.78 is 0. The molecule has 2 rings (SSSR count). The maximum Gasteiger partial charge on any atom is 0.408 e. The van der Waals surface area contributed by atoms with Crippen molar-refractivity contribution in [1.82, 2.24) is 9.80 Å². The largest absolute Gasteiger partial charge is 0.465 e. The molecular formula is C13H22N2O4. The molecule has 0 aromatic rings. The van der Waals surface area contributed by atoms with Crippen LogP contribution in [0.3, 0.4) is 0 Å². The van der Waals surface area contributed by atoms with Gasteiger partial charge in [-0.25, -0.2) is 4.79 Å². The van der Waals surface area contributed by atoms with Crippen molar-refractivity contribution in [2.45, 2.75) is 45.3 Å². The summed E-state index contributed by atoms with van der Waals surface area (Å²) in [5.74, 6) is -0.162. The van der Waals surface area contributed by atoms with Gasteiger partial charge in [-0.3, -0.25) is 9.69 Å². The zero-order valence-corrected chi connectivity index (χ0v) is 11.7. The van der Waals surface area contributed by atoms with Crippen molar-refractivity contribution in [3.8, 4) is 0 Å². The number of carbonyl (C=O) groups is 2. The van der Waals surface area contributed by atoms with E-state index in [1.807, 2.05) is 20.8 Å². The normalized spacial score (nSPS) is 31.3. The van der Waals surface area contributed by atoms with E-state index in [0.29, 0.717) is 13.1 Å². The summed E-state index contributed by atoms with van der Waals surface area (Å²) in [5.41, 5.74) is -1.71. The SMILES string of the molecule is CC(C)(C)[C@]1(C(=O)N2CCC2)C[C@H](O)CN1C(=O)O. The van der Waals surface area contributed by atoms with Crippen molar-refractivity contribution < 1.29 is 19.8 Å².